The van der Waals surface area contributed by atoms with Crippen molar-refractivity contribution in [2.24, 2.45) is 5.92 Å². The van der Waals surface area contributed by atoms with Crippen molar-refractivity contribution in [1.29, 1.82) is 0 Å². The zero-order valence-corrected chi connectivity index (χ0v) is 12.4. The Morgan fingerprint density at radius 2 is 2.47 bits per heavy atom. The number of hydrogen-bond donors (Lipinski definition) is 1. The van der Waals surface area contributed by atoms with Crippen LogP contribution in [-0.4, -0.2) is 33.4 Å². The predicted molar refractivity (Wildman–Crippen MR) is 73.6 cm³/mol. The molecule has 0 spiro atoms. The van der Waals surface area contributed by atoms with Crippen molar-refractivity contribution in [1.82, 2.24) is 5.32 Å². The van der Waals surface area contributed by atoms with Gasteiger partial charge in [-0.25, -0.2) is 0 Å². The van der Waals surface area contributed by atoms with E-state index in [0.29, 0.717) is 5.92 Å². The van der Waals surface area contributed by atoms with Gasteiger partial charge < -0.3 is 14.8 Å². The minimum atomic E-state index is 0.265. The fraction of sp³-hybridized carbons (Fsp3) is 0.667. The van der Waals surface area contributed by atoms with Gasteiger partial charge >= 0.3 is 0 Å². The van der Waals surface area contributed by atoms with E-state index in [1.807, 2.05) is 0 Å². The van der Waals surface area contributed by atoms with Gasteiger partial charge in [0.15, 0.2) is 0 Å². The molecule has 2 unspecified atom stereocenters. The molecule has 1 aromatic rings. The number of ether oxygens (including phenoxy) is 2. The summed E-state index contributed by atoms with van der Waals surface area (Å²) in [6.07, 6.45) is 1.40. The molecule has 0 amide bonds. The van der Waals surface area contributed by atoms with Gasteiger partial charge in [0.25, 0.3) is 0 Å². The number of methoxy groups -OCH3 is 1. The number of hydrogen-bond acceptors (Lipinski definition) is 4. The molecule has 3 nitrogen and oxygen atoms in total. The van der Waals surface area contributed by atoms with Gasteiger partial charge in [-0.2, -0.15) is 0 Å². The third-order valence-electron chi connectivity index (χ3n) is 2.98. The molecule has 1 aromatic heterocycles. The summed E-state index contributed by atoms with van der Waals surface area (Å²) in [5, 5.41) is 3.42. The average molecular weight is 320 g/mol. The Kier molecular flexibility index (Phi) is 5.44. The van der Waals surface area contributed by atoms with E-state index in [4.69, 9.17) is 9.47 Å². The van der Waals surface area contributed by atoms with Crippen LogP contribution in [0.1, 0.15) is 17.4 Å². The van der Waals surface area contributed by atoms with Crippen molar-refractivity contribution in [3.05, 3.63) is 20.8 Å². The summed E-state index contributed by atoms with van der Waals surface area (Å²) < 4.78 is 12.0. The number of halogens is 1. The zero-order valence-electron chi connectivity index (χ0n) is 9.95. The van der Waals surface area contributed by atoms with Gasteiger partial charge in [0, 0.05) is 37.6 Å². The van der Waals surface area contributed by atoms with Crippen LogP contribution in [0.2, 0.25) is 0 Å². The Morgan fingerprint density at radius 1 is 1.59 bits per heavy atom. The summed E-state index contributed by atoms with van der Waals surface area (Å²) in [6.45, 7) is 3.55. The zero-order chi connectivity index (χ0) is 12.1. The van der Waals surface area contributed by atoms with Crippen LogP contribution in [0, 0.1) is 5.92 Å². The molecule has 1 saturated heterocycles. The number of thiophene rings is 1. The largest absolute Gasteiger partial charge is 0.383 e. The van der Waals surface area contributed by atoms with Crippen LogP contribution in [-0.2, 0) is 9.47 Å². The van der Waals surface area contributed by atoms with Crippen molar-refractivity contribution in [2.75, 3.05) is 33.4 Å². The second-order valence-corrected chi connectivity index (χ2v) is 6.67. The SMILES string of the molecule is COCCNCC1CCOC1c1ccc(Br)s1. The third kappa shape index (κ3) is 3.76. The highest BCUT2D eigenvalue weighted by Crippen LogP contribution is 2.38. The molecule has 1 aliphatic heterocycles. The maximum absolute atomic E-state index is 5.84. The molecule has 2 atom stereocenters. The lowest BCUT2D eigenvalue weighted by atomic mass is 10.0. The first kappa shape index (κ1) is 13.5. The molecule has 0 saturated carbocycles. The Bertz CT molecular complexity index is 345. The summed E-state index contributed by atoms with van der Waals surface area (Å²) in [5.41, 5.74) is 0. The van der Waals surface area contributed by atoms with Crippen molar-refractivity contribution in [3.63, 3.8) is 0 Å². The summed E-state index contributed by atoms with van der Waals surface area (Å²) in [5.74, 6) is 0.581. The minimum absolute atomic E-state index is 0.265. The second kappa shape index (κ2) is 6.85. The van der Waals surface area contributed by atoms with Gasteiger partial charge in [0.2, 0.25) is 0 Å². The summed E-state index contributed by atoms with van der Waals surface area (Å²) in [6, 6.07) is 4.25. The quantitative estimate of drug-likeness (QED) is 0.818. The minimum Gasteiger partial charge on any atom is -0.383 e. The van der Waals surface area contributed by atoms with E-state index in [2.05, 4.69) is 33.4 Å². The predicted octanol–water partition coefficient (Wildman–Crippen LogP) is 2.82. The van der Waals surface area contributed by atoms with E-state index in [9.17, 15) is 0 Å². The molecule has 5 heteroatoms. The van der Waals surface area contributed by atoms with E-state index in [1.54, 1.807) is 18.4 Å². The Labute approximate surface area is 115 Å². The molecular formula is C12H18BrNO2S. The van der Waals surface area contributed by atoms with Crippen molar-refractivity contribution >= 4 is 27.3 Å². The van der Waals surface area contributed by atoms with E-state index < -0.39 is 0 Å². The second-order valence-electron chi connectivity index (χ2n) is 4.18. The highest BCUT2D eigenvalue weighted by molar-refractivity contribution is 9.11. The fourth-order valence-electron chi connectivity index (χ4n) is 2.10. The maximum atomic E-state index is 5.84. The lowest BCUT2D eigenvalue weighted by Crippen LogP contribution is -2.27. The topological polar surface area (TPSA) is 30.5 Å². The first-order chi connectivity index (χ1) is 8.31. The molecule has 0 radical (unpaired) electrons. The average Bonchev–Trinajstić information content (AvgIpc) is 2.93. The summed E-state index contributed by atoms with van der Waals surface area (Å²) in [4.78, 5) is 1.33. The number of rotatable bonds is 6. The monoisotopic (exact) mass is 319 g/mol. The summed E-state index contributed by atoms with van der Waals surface area (Å²) >= 11 is 5.27. The van der Waals surface area contributed by atoms with Crippen LogP contribution >= 0.6 is 27.3 Å². The molecule has 0 aromatic carbocycles. The van der Waals surface area contributed by atoms with Crippen molar-refractivity contribution in [2.45, 2.75) is 12.5 Å². The molecule has 1 aliphatic rings. The van der Waals surface area contributed by atoms with Crippen LogP contribution in [0.5, 0.6) is 0 Å². The molecule has 1 N–H and O–H groups in total. The molecule has 2 heterocycles. The van der Waals surface area contributed by atoms with E-state index in [0.717, 1.165) is 32.7 Å². The normalized spacial score (nSPS) is 24.4. The van der Waals surface area contributed by atoms with E-state index in [1.165, 1.54) is 8.66 Å². The molecule has 0 aliphatic carbocycles. The highest BCUT2D eigenvalue weighted by atomic mass is 79.9. The van der Waals surface area contributed by atoms with Gasteiger partial charge in [-0.1, -0.05) is 0 Å². The first-order valence-corrected chi connectivity index (χ1v) is 7.48. The highest BCUT2D eigenvalue weighted by Gasteiger charge is 2.30. The Hall–Kier alpha value is 0.0600. The van der Waals surface area contributed by atoms with Crippen molar-refractivity contribution in [3.8, 4) is 0 Å². The van der Waals surface area contributed by atoms with Gasteiger partial charge in [-0.15, -0.1) is 11.3 Å². The molecule has 17 heavy (non-hydrogen) atoms. The molecular weight excluding hydrogens is 302 g/mol. The smallest absolute Gasteiger partial charge is 0.0958 e. The lowest BCUT2D eigenvalue weighted by Gasteiger charge is -2.17. The summed E-state index contributed by atoms with van der Waals surface area (Å²) in [7, 11) is 1.73. The van der Waals surface area contributed by atoms with Gasteiger partial charge in [0.05, 0.1) is 16.5 Å². The molecule has 2 rings (SSSR count). The maximum Gasteiger partial charge on any atom is 0.0958 e. The fourth-order valence-corrected chi connectivity index (χ4v) is 3.67. The molecule has 0 bridgehead atoms. The Morgan fingerprint density at radius 3 is 3.18 bits per heavy atom. The van der Waals surface area contributed by atoms with Crippen LogP contribution in [0.25, 0.3) is 0 Å². The van der Waals surface area contributed by atoms with Crippen LogP contribution in [0.3, 0.4) is 0 Å². The number of nitrogens with one attached hydrogen (secondary N) is 1. The lowest BCUT2D eigenvalue weighted by molar-refractivity contribution is 0.0927. The van der Waals surface area contributed by atoms with Gasteiger partial charge in [-0.3, -0.25) is 0 Å². The molecule has 96 valence electrons. The van der Waals surface area contributed by atoms with Crippen LogP contribution < -0.4 is 5.32 Å². The third-order valence-corrected chi connectivity index (χ3v) is 4.66. The Balaban J connectivity index is 1.84. The van der Waals surface area contributed by atoms with Gasteiger partial charge in [-0.05, 0) is 34.5 Å². The van der Waals surface area contributed by atoms with E-state index in [-0.39, 0.29) is 6.10 Å². The standard InChI is InChI=1S/C12H18BrNO2S/c1-15-7-5-14-8-9-4-6-16-12(9)10-2-3-11(13)17-10/h2-3,9,12,14H,4-8H2,1H3. The van der Waals surface area contributed by atoms with Crippen molar-refractivity contribution < 1.29 is 9.47 Å². The van der Waals surface area contributed by atoms with Crippen LogP contribution in [0.4, 0.5) is 0 Å². The molecule has 1 fully saturated rings. The van der Waals surface area contributed by atoms with Gasteiger partial charge in [0.1, 0.15) is 0 Å². The van der Waals surface area contributed by atoms with Crippen LogP contribution in [0.15, 0.2) is 15.9 Å². The van der Waals surface area contributed by atoms with E-state index >= 15 is 0 Å². The first-order valence-electron chi connectivity index (χ1n) is 5.87.